The summed E-state index contributed by atoms with van der Waals surface area (Å²) in [5.41, 5.74) is 3.12. The van der Waals surface area contributed by atoms with E-state index in [0.717, 1.165) is 70.4 Å². The van der Waals surface area contributed by atoms with Crippen molar-refractivity contribution in [2.45, 2.75) is 57.6 Å². The van der Waals surface area contributed by atoms with Crippen LogP contribution in [0, 0.1) is 31.2 Å². The van der Waals surface area contributed by atoms with Gasteiger partial charge in [-0.05, 0) is 64.3 Å². The number of piperidine rings is 1. The standard InChI is InChI=1S/C31H39N3O2/c1-23-12-14-28(15-13-23)34-21-25(22-34)20-33-18-16-27(17-19-33)31(32-3,26-8-5-4-6-9-26)29-10-7-11-30(29)36-24(2)35/h4-6,8-9,12-15,25,27,29-30H,7,10-11,16-22H2,1-2H3/t29-,30-,31-/m0/s1. The van der Waals surface area contributed by atoms with Crippen molar-refractivity contribution in [1.82, 2.24) is 4.90 Å². The average Bonchev–Trinajstić information content (AvgIpc) is 3.32. The van der Waals surface area contributed by atoms with Crippen molar-refractivity contribution in [3.8, 4) is 0 Å². The SMILES string of the molecule is [C-]#[N+][C@@](c1ccccc1)(C1CCN(CC2CN(c3ccc(C)cc3)C2)CC1)[C@H]1CCC[C@@H]1OC(C)=O. The molecule has 2 aliphatic heterocycles. The smallest absolute Gasteiger partial charge is 0.302 e. The summed E-state index contributed by atoms with van der Waals surface area (Å²) in [6.07, 6.45) is 4.73. The van der Waals surface area contributed by atoms with Crippen molar-refractivity contribution in [2.75, 3.05) is 37.6 Å². The molecule has 1 saturated carbocycles. The van der Waals surface area contributed by atoms with E-state index in [-0.39, 0.29) is 23.9 Å². The van der Waals surface area contributed by atoms with Gasteiger partial charge in [0.1, 0.15) is 6.10 Å². The fourth-order valence-corrected chi connectivity index (χ4v) is 7.05. The van der Waals surface area contributed by atoms with Crippen LogP contribution in [0.2, 0.25) is 0 Å². The maximum absolute atomic E-state index is 11.9. The summed E-state index contributed by atoms with van der Waals surface area (Å²) in [5, 5.41) is 0. The minimum atomic E-state index is -0.622. The van der Waals surface area contributed by atoms with Crippen LogP contribution < -0.4 is 4.90 Å². The number of nitrogens with zero attached hydrogens (tertiary/aromatic N) is 3. The van der Waals surface area contributed by atoms with Crippen molar-refractivity contribution in [3.63, 3.8) is 0 Å². The van der Waals surface area contributed by atoms with Crippen molar-refractivity contribution < 1.29 is 9.53 Å². The van der Waals surface area contributed by atoms with Crippen LogP contribution in [0.5, 0.6) is 0 Å². The molecule has 2 aromatic rings. The predicted octanol–water partition coefficient (Wildman–Crippen LogP) is 5.69. The van der Waals surface area contributed by atoms with E-state index >= 15 is 0 Å². The summed E-state index contributed by atoms with van der Waals surface area (Å²) in [6.45, 7) is 17.6. The van der Waals surface area contributed by atoms with E-state index in [9.17, 15) is 4.79 Å². The minimum absolute atomic E-state index is 0.0625. The Bertz CT molecular complexity index is 1070. The molecule has 0 amide bonds. The Morgan fingerprint density at radius 2 is 1.72 bits per heavy atom. The number of aryl methyl sites for hydroxylation is 1. The highest BCUT2D eigenvalue weighted by Gasteiger charge is 2.58. The second-order valence-corrected chi connectivity index (χ2v) is 11.2. The number of hydrogen-bond acceptors (Lipinski definition) is 4. The lowest BCUT2D eigenvalue weighted by atomic mass is 9.65. The average molecular weight is 486 g/mol. The van der Waals surface area contributed by atoms with E-state index in [1.807, 2.05) is 6.07 Å². The molecule has 5 rings (SSSR count). The highest BCUT2D eigenvalue weighted by molar-refractivity contribution is 5.66. The molecule has 36 heavy (non-hydrogen) atoms. The number of rotatable bonds is 7. The number of anilines is 1. The van der Waals surface area contributed by atoms with Crippen molar-refractivity contribution in [2.24, 2.45) is 17.8 Å². The van der Waals surface area contributed by atoms with Crippen LogP contribution in [0.3, 0.4) is 0 Å². The van der Waals surface area contributed by atoms with Crippen molar-refractivity contribution in [1.29, 1.82) is 0 Å². The lowest BCUT2D eigenvalue weighted by molar-refractivity contribution is -0.149. The number of carbonyl (C=O) groups excluding carboxylic acids is 1. The Labute approximate surface area is 216 Å². The Balaban J connectivity index is 1.25. The maximum atomic E-state index is 11.9. The van der Waals surface area contributed by atoms with Gasteiger partial charge in [0.05, 0.1) is 5.92 Å². The second-order valence-electron chi connectivity index (χ2n) is 11.2. The molecule has 0 unspecified atom stereocenters. The van der Waals surface area contributed by atoms with Gasteiger partial charge >= 0.3 is 5.97 Å². The first-order chi connectivity index (χ1) is 17.5. The molecule has 3 aliphatic rings. The fourth-order valence-electron chi connectivity index (χ4n) is 7.05. The summed E-state index contributed by atoms with van der Waals surface area (Å²) >= 11 is 0. The van der Waals surface area contributed by atoms with Gasteiger partial charge in [-0.3, -0.25) is 4.79 Å². The predicted molar refractivity (Wildman–Crippen MR) is 144 cm³/mol. The first-order valence-electron chi connectivity index (χ1n) is 13.6. The molecule has 0 bridgehead atoms. The van der Waals surface area contributed by atoms with Gasteiger partial charge in [-0.15, -0.1) is 0 Å². The summed E-state index contributed by atoms with van der Waals surface area (Å²) in [6, 6.07) is 19.2. The molecular formula is C31H39N3O2. The lowest BCUT2D eigenvalue weighted by Gasteiger charge is -2.46. The molecule has 3 atom stereocenters. The van der Waals surface area contributed by atoms with E-state index in [1.165, 1.54) is 18.2 Å². The van der Waals surface area contributed by atoms with Gasteiger partial charge in [-0.25, -0.2) is 6.57 Å². The monoisotopic (exact) mass is 485 g/mol. The van der Waals surface area contributed by atoms with Gasteiger partial charge in [0, 0.05) is 49.6 Å². The largest absolute Gasteiger partial charge is 0.462 e. The molecule has 190 valence electrons. The van der Waals surface area contributed by atoms with E-state index in [2.05, 4.69) is 70.1 Å². The zero-order valence-corrected chi connectivity index (χ0v) is 21.7. The molecule has 0 spiro atoms. The third kappa shape index (κ3) is 4.89. The lowest BCUT2D eigenvalue weighted by Crippen LogP contribution is -2.54. The fraction of sp³-hybridized carbons (Fsp3) is 0.548. The van der Waals surface area contributed by atoms with Gasteiger partial charge in [0.15, 0.2) is 0 Å². The number of ether oxygens (including phenoxy) is 1. The highest BCUT2D eigenvalue weighted by atomic mass is 16.5. The minimum Gasteiger partial charge on any atom is -0.462 e. The van der Waals surface area contributed by atoms with Crippen molar-refractivity contribution >= 4 is 11.7 Å². The van der Waals surface area contributed by atoms with Crippen LogP contribution in [0.1, 0.15) is 50.2 Å². The zero-order chi connectivity index (χ0) is 25.1. The quantitative estimate of drug-likeness (QED) is 0.373. The Morgan fingerprint density at radius 3 is 2.36 bits per heavy atom. The number of carbonyl (C=O) groups is 1. The first kappa shape index (κ1) is 24.8. The molecule has 1 aliphatic carbocycles. The Morgan fingerprint density at radius 1 is 1.03 bits per heavy atom. The van der Waals surface area contributed by atoms with Crippen LogP contribution in [-0.4, -0.2) is 49.7 Å². The Kier molecular flexibility index (Phi) is 7.34. The number of benzene rings is 2. The maximum Gasteiger partial charge on any atom is 0.302 e. The third-order valence-corrected chi connectivity index (χ3v) is 8.84. The topological polar surface area (TPSA) is 37.1 Å². The third-order valence-electron chi connectivity index (χ3n) is 8.84. The molecule has 0 N–H and O–H groups in total. The van der Waals surface area contributed by atoms with E-state index in [0.29, 0.717) is 5.92 Å². The molecule has 0 radical (unpaired) electrons. The number of esters is 1. The van der Waals surface area contributed by atoms with Crippen LogP contribution in [0.4, 0.5) is 5.69 Å². The summed E-state index contributed by atoms with van der Waals surface area (Å²) in [5.74, 6) is 0.826. The molecule has 2 aromatic carbocycles. The van der Waals surface area contributed by atoms with Crippen LogP contribution in [-0.2, 0) is 15.1 Å². The summed E-state index contributed by atoms with van der Waals surface area (Å²) < 4.78 is 5.80. The molecule has 0 aromatic heterocycles. The molecule has 2 heterocycles. The number of hydrogen-bond donors (Lipinski definition) is 0. The van der Waals surface area contributed by atoms with Gasteiger partial charge in [0.25, 0.3) is 5.54 Å². The summed E-state index contributed by atoms with van der Waals surface area (Å²) in [4.78, 5) is 21.4. The Hall–Kier alpha value is -2.84. The van der Waals surface area contributed by atoms with Crippen LogP contribution >= 0.6 is 0 Å². The molecule has 2 saturated heterocycles. The molecule has 5 heteroatoms. The van der Waals surface area contributed by atoms with E-state index in [4.69, 9.17) is 11.3 Å². The van der Waals surface area contributed by atoms with Gasteiger partial charge in [-0.2, -0.15) is 0 Å². The van der Waals surface area contributed by atoms with Gasteiger partial charge < -0.3 is 19.4 Å². The van der Waals surface area contributed by atoms with Crippen molar-refractivity contribution in [3.05, 3.63) is 77.1 Å². The van der Waals surface area contributed by atoms with Gasteiger partial charge in [0.2, 0.25) is 0 Å². The van der Waals surface area contributed by atoms with Crippen LogP contribution in [0.15, 0.2) is 54.6 Å². The molecular weight excluding hydrogens is 446 g/mol. The first-order valence-corrected chi connectivity index (χ1v) is 13.6. The molecule has 5 nitrogen and oxygen atoms in total. The highest BCUT2D eigenvalue weighted by Crippen LogP contribution is 2.52. The molecule has 3 fully saturated rings. The van der Waals surface area contributed by atoms with E-state index < -0.39 is 5.54 Å². The van der Waals surface area contributed by atoms with E-state index in [1.54, 1.807) is 0 Å². The van der Waals surface area contributed by atoms with Crippen LogP contribution in [0.25, 0.3) is 4.85 Å². The summed E-state index contributed by atoms with van der Waals surface area (Å²) in [7, 11) is 0. The van der Waals surface area contributed by atoms with Gasteiger partial charge in [-0.1, -0.05) is 48.0 Å². The normalized spacial score (nSPS) is 25.1. The zero-order valence-electron chi connectivity index (χ0n) is 21.7. The second kappa shape index (κ2) is 10.6. The number of likely N-dealkylation sites (tertiary alicyclic amines) is 1.